The summed E-state index contributed by atoms with van der Waals surface area (Å²) in [7, 11) is 1.57. The molecule has 0 aliphatic rings. The molecule has 3 nitrogen and oxygen atoms in total. The third-order valence-corrected chi connectivity index (χ3v) is 3.92. The first-order valence-corrected chi connectivity index (χ1v) is 6.67. The first kappa shape index (κ1) is 14.4. The van der Waals surface area contributed by atoms with Crippen molar-refractivity contribution in [2.24, 2.45) is 0 Å². The summed E-state index contributed by atoms with van der Waals surface area (Å²) in [6.45, 7) is 2.11. The van der Waals surface area contributed by atoms with Crippen LogP contribution >= 0.6 is 27.5 Å². The number of benzene rings is 1. The van der Waals surface area contributed by atoms with E-state index in [1.54, 1.807) is 20.1 Å². The summed E-state index contributed by atoms with van der Waals surface area (Å²) in [5.74, 6) is 0.166. The van der Waals surface area contributed by atoms with Crippen LogP contribution in [0.2, 0.25) is 5.15 Å². The van der Waals surface area contributed by atoms with Crippen LogP contribution < -0.4 is 0 Å². The third kappa shape index (κ3) is 3.11. The maximum atomic E-state index is 13.1. The minimum atomic E-state index is -0.290. The number of methoxy groups -OCH3 is 1. The fourth-order valence-corrected chi connectivity index (χ4v) is 2.17. The first-order chi connectivity index (χ1) is 9.02. The Balaban J connectivity index is 2.56. The zero-order valence-electron chi connectivity index (χ0n) is 10.4. The molecule has 0 N–H and O–H groups in total. The van der Waals surface area contributed by atoms with Crippen molar-refractivity contribution >= 4 is 27.5 Å². The quantitative estimate of drug-likeness (QED) is 0.784. The Morgan fingerprint density at radius 3 is 2.74 bits per heavy atom. The van der Waals surface area contributed by atoms with Gasteiger partial charge in [-0.15, -0.1) is 0 Å². The highest BCUT2D eigenvalue weighted by molar-refractivity contribution is 9.10. The number of aryl methyl sites for hydroxylation is 1. The van der Waals surface area contributed by atoms with Crippen molar-refractivity contribution in [3.05, 3.63) is 44.9 Å². The standard InChI is InChI=1S/C13H11BrClFN2O/c1-7-5-8(16)3-4-9(7)13-17-10(6-19-2)11(14)12(15)18-13/h3-5H,6H2,1-2H3. The van der Waals surface area contributed by atoms with Crippen molar-refractivity contribution < 1.29 is 9.13 Å². The van der Waals surface area contributed by atoms with Crippen molar-refractivity contribution in [1.82, 2.24) is 9.97 Å². The lowest BCUT2D eigenvalue weighted by Gasteiger charge is -2.09. The molecule has 0 radical (unpaired) electrons. The molecule has 1 aromatic carbocycles. The van der Waals surface area contributed by atoms with Gasteiger partial charge in [-0.25, -0.2) is 14.4 Å². The monoisotopic (exact) mass is 344 g/mol. The van der Waals surface area contributed by atoms with Crippen LogP contribution in [0, 0.1) is 12.7 Å². The molecule has 19 heavy (non-hydrogen) atoms. The minimum absolute atomic E-state index is 0.290. The average Bonchev–Trinajstić information content (AvgIpc) is 2.35. The molecule has 6 heteroatoms. The number of nitrogens with zero attached hydrogens (tertiary/aromatic N) is 2. The van der Waals surface area contributed by atoms with E-state index in [1.165, 1.54) is 12.1 Å². The van der Waals surface area contributed by atoms with Crippen LogP contribution in [-0.2, 0) is 11.3 Å². The van der Waals surface area contributed by atoms with E-state index in [-0.39, 0.29) is 5.82 Å². The van der Waals surface area contributed by atoms with Crippen LogP contribution in [-0.4, -0.2) is 17.1 Å². The van der Waals surface area contributed by atoms with Gasteiger partial charge in [0.2, 0.25) is 0 Å². The highest BCUT2D eigenvalue weighted by Gasteiger charge is 2.13. The van der Waals surface area contributed by atoms with Crippen LogP contribution in [0.3, 0.4) is 0 Å². The molecular weight excluding hydrogens is 335 g/mol. The summed E-state index contributed by atoms with van der Waals surface area (Å²) in [5, 5.41) is 0.306. The summed E-state index contributed by atoms with van der Waals surface area (Å²) in [5.41, 5.74) is 2.15. The lowest BCUT2D eigenvalue weighted by molar-refractivity contribution is 0.181. The molecule has 0 unspecified atom stereocenters. The van der Waals surface area contributed by atoms with Crippen LogP contribution in [0.25, 0.3) is 11.4 Å². The van der Waals surface area contributed by atoms with Crippen molar-refractivity contribution in [2.45, 2.75) is 13.5 Å². The van der Waals surface area contributed by atoms with E-state index in [1.807, 2.05) is 0 Å². The Morgan fingerprint density at radius 1 is 1.37 bits per heavy atom. The molecule has 0 amide bonds. The molecule has 0 saturated carbocycles. The second kappa shape index (κ2) is 5.94. The molecule has 0 saturated heterocycles. The van der Waals surface area contributed by atoms with Crippen LogP contribution in [0.15, 0.2) is 22.7 Å². The lowest BCUT2D eigenvalue weighted by atomic mass is 10.1. The Labute approximate surface area is 123 Å². The number of halogens is 3. The second-order valence-corrected chi connectivity index (χ2v) is 5.14. The number of hydrogen-bond acceptors (Lipinski definition) is 3. The maximum absolute atomic E-state index is 13.1. The zero-order chi connectivity index (χ0) is 14.0. The van der Waals surface area contributed by atoms with Crippen LogP contribution in [0.1, 0.15) is 11.3 Å². The van der Waals surface area contributed by atoms with Gasteiger partial charge in [-0.3, -0.25) is 0 Å². The van der Waals surface area contributed by atoms with E-state index >= 15 is 0 Å². The highest BCUT2D eigenvalue weighted by atomic mass is 79.9. The highest BCUT2D eigenvalue weighted by Crippen LogP contribution is 2.28. The van der Waals surface area contributed by atoms with Gasteiger partial charge >= 0.3 is 0 Å². The van der Waals surface area contributed by atoms with Gasteiger partial charge in [0.25, 0.3) is 0 Å². The normalized spacial score (nSPS) is 10.8. The van der Waals surface area contributed by atoms with Crippen molar-refractivity contribution in [3.8, 4) is 11.4 Å². The lowest BCUT2D eigenvalue weighted by Crippen LogP contribution is -2.01. The maximum Gasteiger partial charge on any atom is 0.161 e. The summed E-state index contributed by atoms with van der Waals surface area (Å²) < 4.78 is 18.8. The van der Waals surface area contributed by atoms with Crippen LogP contribution in [0.5, 0.6) is 0 Å². The third-order valence-electron chi connectivity index (χ3n) is 2.59. The molecule has 1 aromatic heterocycles. The van der Waals surface area contributed by atoms with E-state index in [0.29, 0.717) is 27.8 Å². The van der Waals surface area contributed by atoms with Crippen molar-refractivity contribution in [1.29, 1.82) is 0 Å². The summed E-state index contributed by atoms with van der Waals surface area (Å²) in [6.07, 6.45) is 0. The van der Waals surface area contributed by atoms with Gasteiger partial charge in [-0.1, -0.05) is 11.6 Å². The Bertz CT molecular complexity index is 622. The summed E-state index contributed by atoms with van der Waals surface area (Å²) in [6, 6.07) is 4.45. The first-order valence-electron chi connectivity index (χ1n) is 5.50. The number of aromatic nitrogens is 2. The van der Waals surface area contributed by atoms with Gasteiger partial charge in [0.05, 0.1) is 16.8 Å². The SMILES string of the molecule is COCc1nc(-c2ccc(F)cc2C)nc(Cl)c1Br. The molecule has 0 fully saturated rings. The van der Waals surface area contributed by atoms with Gasteiger partial charge < -0.3 is 4.74 Å². The van der Waals surface area contributed by atoms with E-state index in [9.17, 15) is 4.39 Å². The Kier molecular flexibility index (Phi) is 4.50. The molecule has 0 bridgehead atoms. The number of rotatable bonds is 3. The smallest absolute Gasteiger partial charge is 0.161 e. The van der Waals surface area contributed by atoms with Crippen molar-refractivity contribution in [2.75, 3.05) is 7.11 Å². The predicted octanol–water partition coefficient (Wildman–Crippen LogP) is 4.15. The zero-order valence-corrected chi connectivity index (χ0v) is 12.7. The van der Waals surface area contributed by atoms with Gasteiger partial charge in [0.1, 0.15) is 11.0 Å². The Morgan fingerprint density at radius 2 is 2.11 bits per heavy atom. The molecule has 0 spiro atoms. The predicted molar refractivity (Wildman–Crippen MR) is 75.6 cm³/mol. The fraction of sp³-hybridized carbons (Fsp3) is 0.231. The Hall–Kier alpha value is -1.04. The van der Waals surface area contributed by atoms with Gasteiger partial charge in [0.15, 0.2) is 5.82 Å². The summed E-state index contributed by atoms with van der Waals surface area (Å²) in [4.78, 5) is 8.60. The molecule has 0 atom stereocenters. The number of ether oxygens (including phenoxy) is 1. The van der Waals surface area contributed by atoms with E-state index < -0.39 is 0 Å². The molecule has 2 rings (SSSR count). The molecule has 1 heterocycles. The van der Waals surface area contributed by atoms with Crippen molar-refractivity contribution in [3.63, 3.8) is 0 Å². The van der Waals surface area contributed by atoms with E-state index in [4.69, 9.17) is 16.3 Å². The largest absolute Gasteiger partial charge is 0.378 e. The van der Waals surface area contributed by atoms with Crippen LogP contribution in [0.4, 0.5) is 4.39 Å². The van der Waals surface area contributed by atoms with E-state index in [0.717, 1.165) is 11.1 Å². The number of hydrogen-bond donors (Lipinski definition) is 0. The van der Waals surface area contributed by atoms with E-state index in [2.05, 4.69) is 25.9 Å². The second-order valence-electron chi connectivity index (χ2n) is 3.99. The average molecular weight is 346 g/mol. The molecule has 100 valence electrons. The molecule has 2 aromatic rings. The van der Waals surface area contributed by atoms with Gasteiger partial charge in [0, 0.05) is 12.7 Å². The summed E-state index contributed by atoms with van der Waals surface area (Å²) >= 11 is 9.38. The molecular formula is C13H11BrClFN2O. The van der Waals surface area contributed by atoms with Gasteiger partial charge in [-0.2, -0.15) is 0 Å². The fourth-order valence-electron chi connectivity index (χ4n) is 1.69. The molecule has 0 aliphatic carbocycles. The minimum Gasteiger partial charge on any atom is -0.378 e. The van der Waals surface area contributed by atoms with Gasteiger partial charge in [-0.05, 0) is 46.6 Å². The topological polar surface area (TPSA) is 35.0 Å². The molecule has 0 aliphatic heterocycles.